The third-order valence-electron chi connectivity index (χ3n) is 4.83. The molecule has 1 N–H and O–H groups in total. The lowest BCUT2D eigenvalue weighted by molar-refractivity contribution is -0.133. The fourth-order valence-corrected chi connectivity index (χ4v) is 4.31. The van der Waals surface area contributed by atoms with E-state index in [9.17, 15) is 19.5 Å². The highest BCUT2D eigenvalue weighted by Crippen LogP contribution is 2.35. The molecule has 7 heteroatoms. The molecular weight excluding hydrogens is 388 g/mol. The Balaban J connectivity index is 1.73. The molecule has 3 amide bonds. The summed E-state index contributed by atoms with van der Waals surface area (Å²) in [5.74, 6) is -0.620. The Labute approximate surface area is 174 Å². The second-order valence-electron chi connectivity index (χ2n) is 6.76. The predicted octanol–water partition coefficient (Wildman–Crippen LogP) is 3.23. The molecule has 1 fully saturated rings. The van der Waals surface area contributed by atoms with E-state index < -0.39 is 5.25 Å². The number of carbonyl (C=O) groups excluding carboxylic acids is 3. The summed E-state index contributed by atoms with van der Waals surface area (Å²) in [5.41, 5.74) is 2.44. The number of benzene rings is 2. The van der Waals surface area contributed by atoms with Crippen LogP contribution in [0, 0.1) is 0 Å². The normalized spacial score (nSPS) is 16.3. The molecule has 1 unspecified atom stereocenters. The van der Waals surface area contributed by atoms with Crippen molar-refractivity contribution < 1.29 is 19.5 Å². The summed E-state index contributed by atoms with van der Waals surface area (Å²) in [4.78, 5) is 41.0. The highest BCUT2D eigenvalue weighted by Gasteiger charge is 2.42. The van der Waals surface area contributed by atoms with Gasteiger partial charge in [-0.1, -0.05) is 55.5 Å². The Hall–Kier alpha value is -2.64. The van der Waals surface area contributed by atoms with Crippen LogP contribution in [0.15, 0.2) is 54.6 Å². The van der Waals surface area contributed by atoms with Crippen LogP contribution in [-0.4, -0.2) is 45.5 Å². The Bertz CT molecular complexity index is 887. The van der Waals surface area contributed by atoms with Crippen LogP contribution in [0.25, 0.3) is 0 Å². The molecule has 1 atom stereocenters. The van der Waals surface area contributed by atoms with E-state index in [-0.39, 0.29) is 36.6 Å². The van der Waals surface area contributed by atoms with E-state index in [4.69, 9.17) is 0 Å². The summed E-state index contributed by atoms with van der Waals surface area (Å²) in [6.45, 7) is 2.32. The van der Waals surface area contributed by atoms with Gasteiger partial charge in [-0.15, -0.1) is 0 Å². The molecule has 1 heterocycles. The van der Waals surface area contributed by atoms with Gasteiger partial charge in [0, 0.05) is 19.5 Å². The molecule has 2 aromatic carbocycles. The number of hydrogen-bond donors (Lipinski definition) is 1. The third kappa shape index (κ3) is 4.86. The number of aryl methyl sites for hydroxylation is 1. The van der Waals surface area contributed by atoms with Gasteiger partial charge in [0.2, 0.25) is 11.8 Å². The van der Waals surface area contributed by atoms with Crippen LogP contribution in [0.1, 0.15) is 24.5 Å². The molecule has 152 valence electrons. The molecule has 0 radical (unpaired) electrons. The quantitative estimate of drug-likeness (QED) is 0.720. The smallest absolute Gasteiger partial charge is 0.293 e. The average Bonchev–Trinajstić information content (AvgIpc) is 3.01. The molecule has 0 bridgehead atoms. The van der Waals surface area contributed by atoms with Gasteiger partial charge in [0.15, 0.2) is 0 Å². The lowest BCUT2D eigenvalue weighted by Gasteiger charge is -2.23. The summed E-state index contributed by atoms with van der Waals surface area (Å²) < 4.78 is 0. The minimum absolute atomic E-state index is 0.0765. The van der Waals surface area contributed by atoms with Crippen molar-refractivity contribution in [1.82, 2.24) is 4.90 Å². The van der Waals surface area contributed by atoms with Gasteiger partial charge < -0.3 is 10.0 Å². The number of aliphatic hydroxyl groups is 1. The summed E-state index contributed by atoms with van der Waals surface area (Å²) in [6, 6.07) is 16.8. The van der Waals surface area contributed by atoms with Crippen molar-refractivity contribution in [1.29, 1.82) is 0 Å². The summed E-state index contributed by atoms with van der Waals surface area (Å²) >= 11 is 0.893. The summed E-state index contributed by atoms with van der Waals surface area (Å²) in [6.07, 6.45) is 0.621. The second kappa shape index (κ2) is 9.71. The number of hydrogen-bond acceptors (Lipinski definition) is 5. The van der Waals surface area contributed by atoms with E-state index in [0.717, 1.165) is 22.9 Å². The zero-order valence-corrected chi connectivity index (χ0v) is 17.1. The van der Waals surface area contributed by atoms with Crippen molar-refractivity contribution in [2.45, 2.75) is 31.6 Å². The van der Waals surface area contributed by atoms with Gasteiger partial charge in [-0.05, 0) is 35.4 Å². The molecule has 1 aliphatic heterocycles. The number of carbonyl (C=O) groups is 3. The standard InChI is InChI=1S/C22H24N2O4S/c1-2-17-10-6-7-11-18(17)24-21(27)19(29-22(24)28)14-20(26)23(12-13-25)15-16-8-4-3-5-9-16/h3-11,19,25H,2,12-15H2,1H3. The molecular formula is C22H24N2O4S. The van der Waals surface area contributed by atoms with E-state index in [2.05, 4.69) is 0 Å². The first kappa shape index (κ1) is 21.1. The van der Waals surface area contributed by atoms with Gasteiger partial charge in [-0.3, -0.25) is 14.4 Å². The van der Waals surface area contributed by atoms with Crippen molar-refractivity contribution >= 4 is 34.5 Å². The van der Waals surface area contributed by atoms with Gasteiger partial charge in [0.1, 0.15) is 5.25 Å². The molecule has 1 saturated heterocycles. The monoisotopic (exact) mass is 412 g/mol. The number of anilines is 1. The number of aliphatic hydroxyl groups excluding tert-OH is 1. The Morgan fingerprint density at radius 1 is 1.10 bits per heavy atom. The Kier molecular flexibility index (Phi) is 7.06. The SMILES string of the molecule is CCc1ccccc1N1C(=O)SC(CC(=O)N(CCO)Cc2ccccc2)C1=O. The first-order valence-electron chi connectivity index (χ1n) is 9.60. The van der Waals surface area contributed by atoms with E-state index in [1.54, 1.807) is 12.1 Å². The minimum atomic E-state index is -0.753. The van der Waals surface area contributed by atoms with Crippen LogP contribution >= 0.6 is 11.8 Å². The highest BCUT2D eigenvalue weighted by molar-refractivity contribution is 8.15. The Morgan fingerprint density at radius 2 is 1.79 bits per heavy atom. The van der Waals surface area contributed by atoms with Gasteiger partial charge in [0.25, 0.3) is 5.24 Å². The van der Waals surface area contributed by atoms with E-state index in [1.165, 1.54) is 9.80 Å². The van der Waals surface area contributed by atoms with Crippen molar-refractivity contribution in [3.8, 4) is 0 Å². The van der Waals surface area contributed by atoms with Crippen LogP contribution in [0.2, 0.25) is 0 Å². The van der Waals surface area contributed by atoms with E-state index >= 15 is 0 Å². The fraction of sp³-hybridized carbons (Fsp3) is 0.318. The molecule has 0 saturated carbocycles. The van der Waals surface area contributed by atoms with Crippen LogP contribution in [0.3, 0.4) is 0 Å². The molecule has 3 rings (SSSR count). The van der Waals surface area contributed by atoms with Crippen molar-refractivity contribution in [2.75, 3.05) is 18.1 Å². The third-order valence-corrected chi connectivity index (χ3v) is 5.87. The lowest BCUT2D eigenvalue weighted by Crippen LogP contribution is -2.37. The van der Waals surface area contributed by atoms with Gasteiger partial charge in [0.05, 0.1) is 12.3 Å². The fourth-order valence-electron chi connectivity index (χ4n) is 3.34. The van der Waals surface area contributed by atoms with Crippen LogP contribution in [0.4, 0.5) is 10.5 Å². The maximum absolute atomic E-state index is 12.9. The van der Waals surface area contributed by atoms with Gasteiger partial charge in [-0.2, -0.15) is 0 Å². The van der Waals surface area contributed by atoms with Crippen LogP contribution in [0.5, 0.6) is 0 Å². The van der Waals surface area contributed by atoms with E-state index in [1.807, 2.05) is 49.4 Å². The number of nitrogens with zero attached hydrogens (tertiary/aromatic N) is 2. The van der Waals surface area contributed by atoms with Crippen molar-refractivity contribution in [3.63, 3.8) is 0 Å². The van der Waals surface area contributed by atoms with Crippen LogP contribution in [-0.2, 0) is 22.6 Å². The molecule has 1 aliphatic rings. The van der Waals surface area contributed by atoms with Crippen molar-refractivity contribution in [2.24, 2.45) is 0 Å². The predicted molar refractivity (Wildman–Crippen MR) is 114 cm³/mol. The van der Waals surface area contributed by atoms with E-state index in [0.29, 0.717) is 18.7 Å². The molecule has 29 heavy (non-hydrogen) atoms. The topological polar surface area (TPSA) is 77.9 Å². The zero-order valence-electron chi connectivity index (χ0n) is 16.3. The maximum Gasteiger partial charge on any atom is 0.293 e. The first-order valence-corrected chi connectivity index (χ1v) is 10.5. The number of rotatable bonds is 8. The van der Waals surface area contributed by atoms with Gasteiger partial charge >= 0.3 is 0 Å². The van der Waals surface area contributed by atoms with Gasteiger partial charge in [-0.25, -0.2) is 4.90 Å². The minimum Gasteiger partial charge on any atom is -0.395 e. The molecule has 0 aromatic heterocycles. The van der Waals surface area contributed by atoms with Crippen LogP contribution < -0.4 is 4.90 Å². The zero-order chi connectivity index (χ0) is 20.8. The lowest BCUT2D eigenvalue weighted by atomic mass is 10.1. The number of thioether (sulfide) groups is 1. The second-order valence-corrected chi connectivity index (χ2v) is 7.91. The number of imide groups is 1. The molecule has 0 aliphatic carbocycles. The molecule has 2 aromatic rings. The van der Waals surface area contributed by atoms with Crippen molar-refractivity contribution in [3.05, 3.63) is 65.7 Å². The number of para-hydroxylation sites is 1. The average molecular weight is 413 g/mol. The first-order chi connectivity index (χ1) is 14.0. The maximum atomic E-state index is 12.9. The Morgan fingerprint density at radius 3 is 2.48 bits per heavy atom. The molecule has 0 spiro atoms. The summed E-state index contributed by atoms with van der Waals surface area (Å²) in [5, 5.41) is 8.23. The largest absolute Gasteiger partial charge is 0.395 e. The number of amides is 3. The molecule has 6 nitrogen and oxygen atoms in total. The summed E-state index contributed by atoms with van der Waals surface area (Å²) in [7, 11) is 0. The highest BCUT2D eigenvalue weighted by atomic mass is 32.2.